The highest BCUT2D eigenvalue weighted by atomic mass is 16.3. The normalized spacial score (nSPS) is 13.2. The molecule has 0 amide bonds. The quantitative estimate of drug-likeness (QED) is 0.761. The van der Waals surface area contributed by atoms with Crippen molar-refractivity contribution in [3.63, 3.8) is 0 Å². The second-order valence-electron chi connectivity index (χ2n) is 3.41. The maximum Gasteiger partial charge on any atom is 0.198 e. The van der Waals surface area contributed by atoms with Crippen molar-refractivity contribution in [2.75, 3.05) is 6.61 Å². The van der Waals surface area contributed by atoms with Gasteiger partial charge in [0.05, 0.1) is 6.61 Å². The van der Waals surface area contributed by atoms with Gasteiger partial charge < -0.3 is 15.3 Å². The van der Waals surface area contributed by atoms with Crippen LogP contribution < -0.4 is 5.73 Å². The fourth-order valence-electron chi connectivity index (χ4n) is 1.32. The maximum absolute atomic E-state index is 8.76. The average Bonchev–Trinajstić information content (AvgIpc) is 2.68. The Balaban J connectivity index is 2.09. The topological polar surface area (TPSA) is 85.2 Å². The first-order chi connectivity index (χ1) is 7.29. The Morgan fingerprint density at radius 3 is 3.13 bits per heavy atom. The molecule has 3 N–H and O–H groups in total. The van der Waals surface area contributed by atoms with Crippen LogP contribution in [0.5, 0.6) is 0 Å². The third-order valence-electron chi connectivity index (χ3n) is 2.17. The van der Waals surface area contributed by atoms with Crippen molar-refractivity contribution in [2.45, 2.75) is 18.9 Å². The summed E-state index contributed by atoms with van der Waals surface area (Å²) in [5.41, 5.74) is 6.88. The maximum atomic E-state index is 8.76. The fourth-order valence-corrected chi connectivity index (χ4v) is 1.32. The molecule has 0 radical (unpaired) electrons. The van der Waals surface area contributed by atoms with E-state index >= 15 is 0 Å². The van der Waals surface area contributed by atoms with E-state index in [0.717, 1.165) is 0 Å². The largest absolute Gasteiger partial charge is 0.439 e. The molecule has 15 heavy (non-hydrogen) atoms. The summed E-state index contributed by atoms with van der Waals surface area (Å²) in [6.45, 7) is -0.0154. The van der Waals surface area contributed by atoms with Crippen molar-refractivity contribution in [1.29, 1.82) is 0 Å². The Morgan fingerprint density at radius 1 is 1.53 bits per heavy atom. The molecule has 0 fully saturated rings. The van der Waals surface area contributed by atoms with Crippen molar-refractivity contribution in [2.24, 2.45) is 5.73 Å². The second-order valence-corrected chi connectivity index (χ2v) is 3.41. The molecule has 1 atom stereocenters. The molecule has 0 aliphatic heterocycles. The lowest BCUT2D eigenvalue weighted by Crippen LogP contribution is -2.24. The lowest BCUT2D eigenvalue weighted by Gasteiger charge is -2.04. The molecular formula is C10H13N3O2. The molecule has 80 valence electrons. The van der Waals surface area contributed by atoms with Crippen molar-refractivity contribution >= 4 is 11.2 Å². The van der Waals surface area contributed by atoms with Crippen molar-refractivity contribution in [3.05, 3.63) is 24.2 Å². The van der Waals surface area contributed by atoms with Crippen LogP contribution in [0.4, 0.5) is 0 Å². The smallest absolute Gasteiger partial charge is 0.198 e. The molecule has 5 nitrogen and oxygen atoms in total. The number of fused-ring (bicyclic) bond motifs is 1. The number of aliphatic hydroxyl groups is 1. The highest BCUT2D eigenvalue weighted by Crippen LogP contribution is 2.13. The Morgan fingerprint density at radius 2 is 2.40 bits per heavy atom. The first-order valence-electron chi connectivity index (χ1n) is 4.86. The van der Waals surface area contributed by atoms with Crippen LogP contribution in [0, 0.1) is 0 Å². The first kappa shape index (κ1) is 10.1. The van der Waals surface area contributed by atoms with E-state index in [4.69, 9.17) is 15.3 Å². The van der Waals surface area contributed by atoms with Crippen molar-refractivity contribution < 1.29 is 9.52 Å². The molecule has 0 aromatic carbocycles. The van der Waals surface area contributed by atoms with Gasteiger partial charge in [-0.05, 0) is 18.6 Å². The van der Waals surface area contributed by atoms with Gasteiger partial charge in [0.25, 0.3) is 0 Å². The summed E-state index contributed by atoms with van der Waals surface area (Å²) < 4.78 is 5.45. The van der Waals surface area contributed by atoms with Gasteiger partial charge in [0.1, 0.15) is 0 Å². The Hall–Kier alpha value is -1.46. The third kappa shape index (κ3) is 2.31. The zero-order valence-corrected chi connectivity index (χ0v) is 8.26. The van der Waals surface area contributed by atoms with Gasteiger partial charge in [-0.15, -0.1) is 0 Å². The van der Waals surface area contributed by atoms with Gasteiger partial charge in [0.2, 0.25) is 0 Å². The molecule has 0 saturated carbocycles. The predicted octanol–water partition coefficient (Wildman–Crippen LogP) is 0.475. The van der Waals surface area contributed by atoms with Gasteiger partial charge >= 0.3 is 0 Å². The van der Waals surface area contributed by atoms with Gasteiger partial charge in [-0.1, -0.05) is 0 Å². The van der Waals surface area contributed by atoms with Gasteiger partial charge in [0.15, 0.2) is 17.1 Å². The molecule has 2 heterocycles. The summed E-state index contributed by atoms with van der Waals surface area (Å²) in [5, 5.41) is 8.76. The van der Waals surface area contributed by atoms with E-state index in [1.165, 1.54) is 0 Å². The number of nitrogens with zero attached hydrogens (tertiary/aromatic N) is 2. The number of rotatable bonds is 4. The second kappa shape index (κ2) is 4.37. The van der Waals surface area contributed by atoms with E-state index in [9.17, 15) is 0 Å². The van der Waals surface area contributed by atoms with Crippen LogP contribution in [-0.4, -0.2) is 27.7 Å². The summed E-state index contributed by atoms with van der Waals surface area (Å²) in [5.74, 6) is 0.618. The lowest BCUT2D eigenvalue weighted by molar-refractivity contribution is 0.258. The van der Waals surface area contributed by atoms with E-state index in [1.807, 2.05) is 6.07 Å². The molecular weight excluding hydrogens is 194 g/mol. The molecule has 0 bridgehead atoms. The number of aromatic nitrogens is 2. The first-order valence-corrected chi connectivity index (χ1v) is 4.86. The molecule has 2 aromatic heterocycles. The zero-order valence-electron chi connectivity index (χ0n) is 8.26. The molecule has 2 aromatic rings. The molecule has 0 aliphatic carbocycles. The zero-order chi connectivity index (χ0) is 10.7. The van der Waals surface area contributed by atoms with Crippen LogP contribution in [0.2, 0.25) is 0 Å². The third-order valence-corrected chi connectivity index (χ3v) is 2.17. The van der Waals surface area contributed by atoms with Crippen LogP contribution in [-0.2, 0) is 6.42 Å². The molecule has 0 saturated heterocycles. The van der Waals surface area contributed by atoms with Crippen LogP contribution in [0.15, 0.2) is 22.7 Å². The minimum atomic E-state index is -0.215. The number of oxazole rings is 1. The van der Waals surface area contributed by atoms with E-state index in [-0.39, 0.29) is 12.6 Å². The summed E-state index contributed by atoms with van der Waals surface area (Å²) in [6, 6.07) is 3.41. The predicted molar refractivity (Wildman–Crippen MR) is 55.2 cm³/mol. The Labute approximate surface area is 86.9 Å². The van der Waals surface area contributed by atoms with Gasteiger partial charge in [-0.2, -0.15) is 4.98 Å². The number of pyridine rings is 1. The van der Waals surface area contributed by atoms with Crippen LogP contribution >= 0.6 is 0 Å². The van der Waals surface area contributed by atoms with E-state index in [2.05, 4.69) is 9.97 Å². The average molecular weight is 207 g/mol. The SMILES string of the molecule is NC(CO)CCc1nc2ncccc2o1. The molecule has 5 heteroatoms. The van der Waals surface area contributed by atoms with Gasteiger partial charge in [-0.25, -0.2) is 4.98 Å². The lowest BCUT2D eigenvalue weighted by atomic mass is 10.2. The Kier molecular flexibility index (Phi) is 2.94. The number of aryl methyl sites for hydroxylation is 1. The highest BCUT2D eigenvalue weighted by Gasteiger charge is 2.07. The highest BCUT2D eigenvalue weighted by molar-refractivity contribution is 5.66. The van der Waals surface area contributed by atoms with Crippen LogP contribution in [0.3, 0.4) is 0 Å². The minimum absolute atomic E-state index is 0.0154. The van der Waals surface area contributed by atoms with Crippen LogP contribution in [0.25, 0.3) is 11.2 Å². The number of hydrogen-bond acceptors (Lipinski definition) is 5. The van der Waals surface area contributed by atoms with Crippen molar-refractivity contribution in [1.82, 2.24) is 9.97 Å². The fraction of sp³-hybridized carbons (Fsp3) is 0.400. The Bertz CT molecular complexity index is 408. The minimum Gasteiger partial charge on any atom is -0.439 e. The number of hydrogen-bond donors (Lipinski definition) is 2. The molecule has 0 spiro atoms. The number of aliphatic hydroxyl groups excluding tert-OH is 1. The summed E-state index contributed by atoms with van der Waals surface area (Å²) in [6.07, 6.45) is 2.95. The summed E-state index contributed by atoms with van der Waals surface area (Å²) in [4.78, 5) is 8.27. The molecule has 0 aliphatic rings. The van der Waals surface area contributed by atoms with Crippen molar-refractivity contribution in [3.8, 4) is 0 Å². The van der Waals surface area contributed by atoms with E-state index < -0.39 is 0 Å². The summed E-state index contributed by atoms with van der Waals surface area (Å²) >= 11 is 0. The van der Waals surface area contributed by atoms with E-state index in [1.54, 1.807) is 12.3 Å². The standard InChI is InChI=1S/C10H13N3O2/c11-7(6-14)3-4-9-13-10-8(15-9)2-1-5-12-10/h1-2,5,7,14H,3-4,6,11H2. The van der Waals surface area contributed by atoms with Gasteiger partial charge in [-0.3, -0.25) is 0 Å². The summed E-state index contributed by atoms with van der Waals surface area (Å²) in [7, 11) is 0. The monoisotopic (exact) mass is 207 g/mol. The molecule has 1 unspecified atom stereocenters. The molecule has 2 rings (SSSR count). The van der Waals surface area contributed by atoms with E-state index in [0.29, 0.717) is 30.0 Å². The van der Waals surface area contributed by atoms with Crippen LogP contribution in [0.1, 0.15) is 12.3 Å². The van der Waals surface area contributed by atoms with Gasteiger partial charge in [0, 0.05) is 18.7 Å². The number of nitrogens with two attached hydrogens (primary N) is 1.